The molecule has 2 aliphatic rings. The first-order valence-electron chi connectivity index (χ1n) is 5.36. The largest absolute Gasteiger partial charge is 0.322 e. The average molecular weight is 216 g/mol. The van der Waals surface area contributed by atoms with Gasteiger partial charge in [-0.15, -0.1) is 0 Å². The number of imide groups is 1. The summed E-state index contributed by atoms with van der Waals surface area (Å²) in [5.41, 5.74) is 2.53. The summed E-state index contributed by atoms with van der Waals surface area (Å²) in [5, 5.41) is 5.08. The molecule has 3 rings (SSSR count). The number of nitrogens with one attached hydrogen (secondary N) is 2. The lowest BCUT2D eigenvalue weighted by Gasteiger charge is -2.21. The van der Waals surface area contributed by atoms with Crippen LogP contribution in [0.3, 0.4) is 0 Å². The zero-order chi connectivity index (χ0) is 11.3. The molecular weight excluding hydrogens is 204 g/mol. The zero-order valence-corrected chi connectivity index (χ0v) is 8.96. The van der Waals surface area contributed by atoms with E-state index >= 15 is 0 Å². The normalized spacial score (nSPS) is 26.8. The molecule has 1 saturated heterocycles. The third-order valence-electron chi connectivity index (χ3n) is 3.56. The van der Waals surface area contributed by atoms with E-state index in [0.29, 0.717) is 6.42 Å². The molecular formula is C12H12N2O2. The number of benzene rings is 1. The predicted molar refractivity (Wildman–Crippen MR) is 57.9 cm³/mol. The lowest BCUT2D eigenvalue weighted by molar-refractivity contribution is -0.124. The number of rotatable bonds is 0. The highest BCUT2D eigenvalue weighted by molar-refractivity contribution is 6.08. The van der Waals surface area contributed by atoms with Crippen LogP contribution in [0.5, 0.6) is 0 Å². The summed E-state index contributed by atoms with van der Waals surface area (Å²) in [6.07, 6.45) is 1.50. The fraction of sp³-hybridized carbons (Fsp3) is 0.333. The zero-order valence-electron chi connectivity index (χ0n) is 8.96. The van der Waals surface area contributed by atoms with Gasteiger partial charge in [0.2, 0.25) is 0 Å². The van der Waals surface area contributed by atoms with E-state index in [1.807, 2.05) is 25.1 Å². The summed E-state index contributed by atoms with van der Waals surface area (Å²) in [5.74, 6) is -0.221. The summed E-state index contributed by atoms with van der Waals surface area (Å²) in [6.45, 7) is 2.03. The third kappa shape index (κ3) is 0.988. The summed E-state index contributed by atoms with van der Waals surface area (Å²) in [4.78, 5) is 23.2. The molecule has 4 heteroatoms. The van der Waals surface area contributed by atoms with Crippen molar-refractivity contribution < 1.29 is 9.59 Å². The number of fused-ring (bicyclic) bond motifs is 2. The third-order valence-corrected chi connectivity index (χ3v) is 3.56. The Morgan fingerprint density at radius 1 is 1.31 bits per heavy atom. The van der Waals surface area contributed by atoms with Gasteiger partial charge in [-0.1, -0.05) is 18.2 Å². The molecule has 0 bridgehead atoms. The van der Waals surface area contributed by atoms with Crippen molar-refractivity contribution in [3.05, 3.63) is 34.9 Å². The molecule has 4 nitrogen and oxygen atoms in total. The van der Waals surface area contributed by atoms with Gasteiger partial charge in [-0.05, 0) is 36.5 Å². The molecule has 1 heterocycles. The highest BCUT2D eigenvalue weighted by Crippen LogP contribution is 2.40. The van der Waals surface area contributed by atoms with Crippen molar-refractivity contribution in [1.82, 2.24) is 10.6 Å². The van der Waals surface area contributed by atoms with E-state index in [0.717, 1.165) is 12.0 Å². The van der Waals surface area contributed by atoms with Crippen LogP contribution in [0.25, 0.3) is 0 Å². The van der Waals surface area contributed by atoms with Gasteiger partial charge < -0.3 is 5.32 Å². The fourth-order valence-electron chi connectivity index (χ4n) is 2.74. The van der Waals surface area contributed by atoms with Crippen molar-refractivity contribution in [3.8, 4) is 0 Å². The van der Waals surface area contributed by atoms with Gasteiger partial charge in [-0.3, -0.25) is 10.1 Å². The molecule has 1 aliphatic carbocycles. The Kier molecular flexibility index (Phi) is 1.67. The predicted octanol–water partition coefficient (Wildman–Crippen LogP) is 0.976. The van der Waals surface area contributed by atoms with E-state index in [2.05, 4.69) is 10.6 Å². The Bertz CT molecular complexity index is 510. The minimum absolute atomic E-state index is 0.221. The van der Waals surface area contributed by atoms with E-state index < -0.39 is 5.54 Å². The standard InChI is InChI=1S/C12H12N2O2/c1-7-3-2-4-9-8(7)5-6-12(9)10(15)13-11(16)14-12/h2-4H,5-6H2,1H3,(H2,13,14,15,16)/t12-/m0/s1. The van der Waals surface area contributed by atoms with Crippen LogP contribution in [0, 0.1) is 6.92 Å². The maximum atomic E-state index is 11.9. The topological polar surface area (TPSA) is 58.2 Å². The minimum atomic E-state index is -0.807. The molecule has 0 saturated carbocycles. The molecule has 0 aromatic heterocycles. The molecule has 1 atom stereocenters. The molecule has 16 heavy (non-hydrogen) atoms. The summed E-state index contributed by atoms with van der Waals surface area (Å²) in [6, 6.07) is 5.51. The van der Waals surface area contributed by atoms with Gasteiger partial charge in [-0.25, -0.2) is 4.79 Å². The average Bonchev–Trinajstić information content (AvgIpc) is 2.72. The first-order valence-corrected chi connectivity index (χ1v) is 5.36. The van der Waals surface area contributed by atoms with Gasteiger partial charge in [0.1, 0.15) is 5.54 Å². The number of carbonyl (C=O) groups excluding carboxylic acids is 2. The second-order valence-electron chi connectivity index (χ2n) is 4.41. The number of hydrogen-bond acceptors (Lipinski definition) is 2. The van der Waals surface area contributed by atoms with Gasteiger partial charge in [0.05, 0.1) is 0 Å². The van der Waals surface area contributed by atoms with Crippen LogP contribution in [0.4, 0.5) is 4.79 Å². The maximum absolute atomic E-state index is 11.9. The van der Waals surface area contributed by atoms with Crippen molar-refractivity contribution in [2.45, 2.75) is 25.3 Å². The van der Waals surface area contributed by atoms with E-state index in [4.69, 9.17) is 0 Å². The molecule has 1 fully saturated rings. The fourth-order valence-corrected chi connectivity index (χ4v) is 2.74. The Labute approximate surface area is 93.0 Å². The smallest absolute Gasteiger partial charge is 0.319 e. The second-order valence-corrected chi connectivity index (χ2v) is 4.41. The lowest BCUT2D eigenvalue weighted by atomic mass is 9.91. The molecule has 82 valence electrons. The second kappa shape index (κ2) is 2.84. The Morgan fingerprint density at radius 2 is 2.12 bits per heavy atom. The SMILES string of the molecule is Cc1cccc2c1CC[C@]21NC(=O)NC1=O. The summed E-state index contributed by atoms with van der Waals surface area (Å²) < 4.78 is 0. The number of urea groups is 1. The van der Waals surface area contributed by atoms with Gasteiger partial charge in [-0.2, -0.15) is 0 Å². The van der Waals surface area contributed by atoms with Crippen LogP contribution in [-0.4, -0.2) is 11.9 Å². The Hall–Kier alpha value is -1.84. The van der Waals surface area contributed by atoms with Crippen LogP contribution in [-0.2, 0) is 16.8 Å². The number of aryl methyl sites for hydroxylation is 1. The van der Waals surface area contributed by atoms with Gasteiger partial charge in [0, 0.05) is 0 Å². The molecule has 1 aromatic carbocycles. The van der Waals surface area contributed by atoms with E-state index in [9.17, 15) is 9.59 Å². The van der Waals surface area contributed by atoms with E-state index in [-0.39, 0.29) is 11.9 Å². The molecule has 3 amide bonds. The first kappa shape index (κ1) is 9.39. The van der Waals surface area contributed by atoms with Gasteiger partial charge in [0.15, 0.2) is 0 Å². The maximum Gasteiger partial charge on any atom is 0.322 e. The molecule has 1 aliphatic heterocycles. The van der Waals surface area contributed by atoms with Gasteiger partial charge in [0.25, 0.3) is 5.91 Å². The van der Waals surface area contributed by atoms with Crippen LogP contribution in [0.15, 0.2) is 18.2 Å². The Balaban J connectivity index is 2.19. The molecule has 1 aromatic rings. The lowest BCUT2D eigenvalue weighted by Crippen LogP contribution is -2.41. The number of amides is 3. The van der Waals surface area contributed by atoms with Crippen LogP contribution < -0.4 is 10.6 Å². The van der Waals surface area contributed by atoms with Crippen molar-refractivity contribution in [3.63, 3.8) is 0 Å². The van der Waals surface area contributed by atoms with Crippen LogP contribution in [0.1, 0.15) is 23.1 Å². The van der Waals surface area contributed by atoms with E-state index in [1.165, 1.54) is 11.1 Å². The highest BCUT2D eigenvalue weighted by atomic mass is 16.2. The monoisotopic (exact) mass is 216 g/mol. The van der Waals surface area contributed by atoms with Crippen molar-refractivity contribution in [1.29, 1.82) is 0 Å². The molecule has 0 unspecified atom stereocenters. The highest BCUT2D eigenvalue weighted by Gasteiger charge is 2.51. The number of carbonyl (C=O) groups is 2. The van der Waals surface area contributed by atoms with Crippen LogP contribution >= 0.6 is 0 Å². The molecule has 0 radical (unpaired) electrons. The molecule has 2 N–H and O–H groups in total. The first-order chi connectivity index (χ1) is 7.63. The van der Waals surface area contributed by atoms with Crippen molar-refractivity contribution in [2.24, 2.45) is 0 Å². The quantitative estimate of drug-likeness (QED) is 0.635. The minimum Gasteiger partial charge on any atom is -0.319 e. The van der Waals surface area contributed by atoms with Gasteiger partial charge >= 0.3 is 6.03 Å². The number of hydrogen-bond donors (Lipinski definition) is 2. The molecule has 1 spiro atoms. The summed E-state index contributed by atoms with van der Waals surface area (Å²) in [7, 11) is 0. The summed E-state index contributed by atoms with van der Waals surface area (Å²) >= 11 is 0. The van der Waals surface area contributed by atoms with Crippen molar-refractivity contribution >= 4 is 11.9 Å². The Morgan fingerprint density at radius 3 is 2.81 bits per heavy atom. The van der Waals surface area contributed by atoms with Crippen LogP contribution in [0.2, 0.25) is 0 Å². The van der Waals surface area contributed by atoms with E-state index in [1.54, 1.807) is 0 Å². The van der Waals surface area contributed by atoms with Crippen molar-refractivity contribution in [2.75, 3.05) is 0 Å².